The van der Waals surface area contributed by atoms with Gasteiger partial charge in [-0.3, -0.25) is 14.5 Å². The first-order valence-electron chi connectivity index (χ1n) is 12.6. The standard InChI is InChI=1S/C25H32N4O2.C3H6O2/c1-5-31-21-8-6-7-19(13-21)15-28-11-12-29(24(16-28)17(2)3)25(30)20-9-10-22-23(14-20)27-18(4)26-22;1-2-5-3-4/h6-10,13-14,17,24H,5,11-12,15-16H2,1-4H3,(H,26,27);3H,2H2,1H3. The summed E-state index contributed by atoms with van der Waals surface area (Å²) in [5.74, 6) is 2.26. The molecule has 2 heterocycles. The molecule has 0 saturated carbocycles. The highest BCUT2D eigenvalue weighted by Crippen LogP contribution is 2.24. The number of aromatic nitrogens is 2. The number of H-pyrrole nitrogens is 1. The van der Waals surface area contributed by atoms with Crippen molar-refractivity contribution in [3.05, 3.63) is 59.4 Å². The van der Waals surface area contributed by atoms with Crippen molar-refractivity contribution >= 4 is 23.4 Å². The van der Waals surface area contributed by atoms with Crippen molar-refractivity contribution in [2.24, 2.45) is 5.92 Å². The summed E-state index contributed by atoms with van der Waals surface area (Å²) >= 11 is 0. The molecule has 8 nitrogen and oxygen atoms in total. The average Bonchev–Trinajstić information content (AvgIpc) is 3.24. The number of fused-ring (bicyclic) bond motifs is 1. The molecule has 194 valence electrons. The van der Waals surface area contributed by atoms with E-state index in [-0.39, 0.29) is 11.9 Å². The van der Waals surface area contributed by atoms with Crippen molar-refractivity contribution in [3.8, 4) is 5.75 Å². The van der Waals surface area contributed by atoms with Gasteiger partial charge in [0.05, 0.1) is 24.2 Å². The number of imidazole rings is 1. The second kappa shape index (κ2) is 13.1. The Labute approximate surface area is 213 Å². The van der Waals surface area contributed by atoms with Crippen molar-refractivity contribution in [2.45, 2.75) is 47.2 Å². The van der Waals surface area contributed by atoms with Crippen LogP contribution in [0.15, 0.2) is 42.5 Å². The quantitative estimate of drug-likeness (QED) is 0.466. The van der Waals surface area contributed by atoms with Crippen LogP contribution in [0.25, 0.3) is 11.0 Å². The maximum Gasteiger partial charge on any atom is 0.293 e. The van der Waals surface area contributed by atoms with Gasteiger partial charge in [-0.2, -0.15) is 0 Å². The molecule has 1 atom stereocenters. The number of aromatic amines is 1. The van der Waals surface area contributed by atoms with E-state index in [0.29, 0.717) is 25.6 Å². The number of benzene rings is 2. The summed E-state index contributed by atoms with van der Waals surface area (Å²) in [7, 11) is 0. The van der Waals surface area contributed by atoms with E-state index in [1.165, 1.54) is 5.56 Å². The summed E-state index contributed by atoms with van der Waals surface area (Å²) in [6, 6.07) is 14.2. The molecule has 1 N–H and O–H groups in total. The largest absolute Gasteiger partial charge is 0.494 e. The molecule has 8 heteroatoms. The normalized spacial score (nSPS) is 15.9. The molecule has 1 unspecified atom stereocenters. The van der Waals surface area contributed by atoms with Gasteiger partial charge in [0.15, 0.2) is 0 Å². The summed E-state index contributed by atoms with van der Waals surface area (Å²) in [5, 5.41) is 0. The van der Waals surface area contributed by atoms with Crippen LogP contribution in [0.4, 0.5) is 0 Å². The molecule has 0 spiro atoms. The Balaban J connectivity index is 0.000000658. The number of hydrogen-bond acceptors (Lipinski definition) is 6. The number of carbonyl (C=O) groups is 2. The predicted molar refractivity (Wildman–Crippen MR) is 141 cm³/mol. The Morgan fingerprint density at radius 1 is 1.17 bits per heavy atom. The van der Waals surface area contributed by atoms with Crippen LogP contribution in [-0.2, 0) is 16.1 Å². The second-order valence-corrected chi connectivity index (χ2v) is 9.23. The first-order valence-corrected chi connectivity index (χ1v) is 12.6. The van der Waals surface area contributed by atoms with Gasteiger partial charge >= 0.3 is 0 Å². The molecule has 0 radical (unpaired) electrons. The maximum absolute atomic E-state index is 13.4. The van der Waals surface area contributed by atoms with Gasteiger partial charge in [0.25, 0.3) is 12.4 Å². The van der Waals surface area contributed by atoms with E-state index >= 15 is 0 Å². The van der Waals surface area contributed by atoms with E-state index in [0.717, 1.165) is 54.3 Å². The van der Waals surface area contributed by atoms with Gasteiger partial charge in [-0.1, -0.05) is 26.0 Å². The fourth-order valence-electron chi connectivity index (χ4n) is 4.50. The Kier molecular flexibility index (Phi) is 9.87. The minimum Gasteiger partial charge on any atom is -0.494 e. The highest BCUT2D eigenvalue weighted by molar-refractivity contribution is 5.97. The minimum absolute atomic E-state index is 0.103. The number of hydrogen-bond donors (Lipinski definition) is 1. The molecule has 0 bridgehead atoms. The molecule has 1 fully saturated rings. The highest BCUT2D eigenvalue weighted by atomic mass is 16.5. The third-order valence-electron chi connectivity index (χ3n) is 6.23. The molecule has 1 aromatic heterocycles. The van der Waals surface area contributed by atoms with Crippen molar-refractivity contribution in [1.29, 1.82) is 0 Å². The van der Waals surface area contributed by atoms with Gasteiger partial charge in [-0.15, -0.1) is 0 Å². The molecule has 3 aromatic rings. The Morgan fingerprint density at radius 3 is 2.64 bits per heavy atom. The van der Waals surface area contributed by atoms with Crippen LogP contribution in [0.3, 0.4) is 0 Å². The number of carbonyl (C=O) groups excluding carboxylic acids is 2. The zero-order chi connectivity index (χ0) is 26.1. The third kappa shape index (κ3) is 7.07. The number of amides is 1. The van der Waals surface area contributed by atoms with Gasteiger partial charge in [-0.25, -0.2) is 4.98 Å². The van der Waals surface area contributed by atoms with Crippen LogP contribution in [0, 0.1) is 12.8 Å². The lowest BCUT2D eigenvalue weighted by Gasteiger charge is -2.43. The number of nitrogens with one attached hydrogen (secondary N) is 1. The van der Waals surface area contributed by atoms with Crippen molar-refractivity contribution < 1.29 is 19.1 Å². The first kappa shape index (κ1) is 27.2. The van der Waals surface area contributed by atoms with Gasteiger partial charge in [-0.05, 0) is 62.6 Å². The smallest absolute Gasteiger partial charge is 0.293 e. The monoisotopic (exact) mass is 494 g/mol. The minimum atomic E-state index is 0.103. The van der Waals surface area contributed by atoms with Crippen LogP contribution < -0.4 is 4.74 Å². The number of rotatable bonds is 8. The summed E-state index contributed by atoms with van der Waals surface area (Å²) < 4.78 is 9.80. The van der Waals surface area contributed by atoms with Gasteiger partial charge in [0, 0.05) is 37.8 Å². The van der Waals surface area contributed by atoms with Gasteiger partial charge in [0.2, 0.25) is 0 Å². The van der Waals surface area contributed by atoms with Crippen LogP contribution in [0.2, 0.25) is 0 Å². The van der Waals surface area contributed by atoms with Crippen molar-refractivity contribution in [3.63, 3.8) is 0 Å². The van der Waals surface area contributed by atoms with E-state index in [9.17, 15) is 9.59 Å². The summed E-state index contributed by atoms with van der Waals surface area (Å²) in [5.41, 5.74) is 3.78. The Bertz CT molecular complexity index is 1140. The first-order chi connectivity index (χ1) is 17.4. The zero-order valence-electron chi connectivity index (χ0n) is 22.0. The van der Waals surface area contributed by atoms with E-state index in [1.807, 2.05) is 44.2 Å². The third-order valence-corrected chi connectivity index (χ3v) is 6.23. The molecule has 4 rings (SSSR count). The molecular formula is C28H38N4O4. The van der Waals surface area contributed by atoms with E-state index in [1.54, 1.807) is 6.92 Å². The SMILES string of the molecule is CCOC=O.CCOc1cccc(CN2CCN(C(=O)c3ccc4nc(C)[nH]c4c3)C(C(C)C)C2)c1. The van der Waals surface area contributed by atoms with Crippen molar-refractivity contribution in [1.82, 2.24) is 19.8 Å². The van der Waals surface area contributed by atoms with Crippen LogP contribution in [0.5, 0.6) is 5.75 Å². The molecule has 1 saturated heterocycles. The lowest BCUT2D eigenvalue weighted by atomic mass is 9.98. The molecule has 36 heavy (non-hydrogen) atoms. The molecule has 2 aromatic carbocycles. The van der Waals surface area contributed by atoms with Crippen LogP contribution >= 0.6 is 0 Å². The Hall–Kier alpha value is -3.39. The van der Waals surface area contributed by atoms with Crippen molar-refractivity contribution in [2.75, 3.05) is 32.8 Å². The fourth-order valence-corrected chi connectivity index (χ4v) is 4.50. The molecule has 0 aliphatic carbocycles. The number of nitrogens with zero attached hydrogens (tertiary/aromatic N) is 3. The highest BCUT2D eigenvalue weighted by Gasteiger charge is 2.33. The van der Waals surface area contributed by atoms with E-state index < -0.39 is 0 Å². The molecular weight excluding hydrogens is 456 g/mol. The molecule has 1 aliphatic heterocycles. The topological polar surface area (TPSA) is 87.8 Å². The van der Waals surface area contributed by atoms with E-state index in [2.05, 4.69) is 50.5 Å². The predicted octanol–water partition coefficient (Wildman–Crippen LogP) is 4.43. The van der Waals surface area contributed by atoms with Crippen LogP contribution in [-0.4, -0.2) is 71.0 Å². The lowest BCUT2D eigenvalue weighted by molar-refractivity contribution is -0.128. The Morgan fingerprint density at radius 2 is 1.97 bits per heavy atom. The average molecular weight is 495 g/mol. The molecule has 1 amide bonds. The van der Waals surface area contributed by atoms with Crippen LogP contribution in [0.1, 0.15) is 49.4 Å². The molecule has 1 aliphatic rings. The fraction of sp³-hybridized carbons (Fsp3) is 0.464. The summed E-state index contributed by atoms with van der Waals surface area (Å²) in [6.45, 7) is 15.0. The number of ether oxygens (including phenoxy) is 2. The lowest BCUT2D eigenvalue weighted by Crippen LogP contribution is -2.56. The zero-order valence-corrected chi connectivity index (χ0v) is 22.0. The van der Waals surface area contributed by atoms with E-state index in [4.69, 9.17) is 4.74 Å². The maximum atomic E-state index is 13.4. The number of aryl methyl sites for hydroxylation is 1. The summed E-state index contributed by atoms with van der Waals surface area (Å²) in [4.78, 5) is 34.8. The van der Waals surface area contributed by atoms with Gasteiger partial charge < -0.3 is 19.4 Å². The van der Waals surface area contributed by atoms with Gasteiger partial charge in [0.1, 0.15) is 11.6 Å². The summed E-state index contributed by atoms with van der Waals surface area (Å²) in [6.07, 6.45) is 0. The second-order valence-electron chi connectivity index (χ2n) is 9.23. The number of piperazine rings is 1.